The van der Waals surface area contributed by atoms with E-state index in [-0.39, 0.29) is 30.3 Å². The highest BCUT2D eigenvalue weighted by Gasteiger charge is 2.34. The van der Waals surface area contributed by atoms with Crippen LogP contribution >= 0.6 is 22.6 Å². The SMILES string of the molecule is C=C(C)C(=O)N1C=CC(Nc2ncc(C(=O)N3CCCC(N)(F)C3)cc2OCI)=CC1N. The molecule has 3 rings (SSSR count). The second-order valence-corrected chi connectivity index (χ2v) is 8.36. The van der Waals surface area contributed by atoms with Crippen LogP contribution in [0.4, 0.5) is 10.2 Å². The van der Waals surface area contributed by atoms with Gasteiger partial charge in [-0.3, -0.25) is 20.2 Å². The third kappa shape index (κ3) is 5.64. The van der Waals surface area contributed by atoms with E-state index in [1.165, 1.54) is 16.0 Å². The number of hydrogen-bond donors (Lipinski definition) is 3. The number of hydrogen-bond acceptors (Lipinski definition) is 7. The molecule has 32 heavy (non-hydrogen) atoms. The molecule has 9 nitrogen and oxygen atoms in total. The molecule has 0 aliphatic carbocycles. The van der Waals surface area contributed by atoms with Crippen LogP contribution in [0, 0.1) is 0 Å². The van der Waals surface area contributed by atoms with Crippen LogP contribution in [0.15, 0.2) is 48.5 Å². The summed E-state index contributed by atoms with van der Waals surface area (Å²) in [5, 5.41) is 3.10. The molecule has 2 atom stereocenters. The molecule has 1 fully saturated rings. The van der Waals surface area contributed by atoms with Gasteiger partial charge in [0.05, 0.1) is 12.1 Å². The van der Waals surface area contributed by atoms with Crippen molar-refractivity contribution >= 4 is 40.2 Å². The van der Waals surface area contributed by atoms with E-state index in [4.69, 9.17) is 16.2 Å². The number of ether oxygens (including phenoxy) is 1. The Hall–Kier alpha value is -2.51. The summed E-state index contributed by atoms with van der Waals surface area (Å²) in [5.74, 6) is -1.79. The maximum absolute atomic E-state index is 14.2. The Morgan fingerprint density at radius 2 is 2.25 bits per heavy atom. The largest absolute Gasteiger partial charge is 0.479 e. The summed E-state index contributed by atoms with van der Waals surface area (Å²) in [6.07, 6.45) is 6.33. The summed E-state index contributed by atoms with van der Waals surface area (Å²) >= 11 is 2.03. The Balaban J connectivity index is 1.78. The molecule has 11 heteroatoms. The van der Waals surface area contributed by atoms with Crippen LogP contribution < -0.4 is 21.5 Å². The van der Waals surface area contributed by atoms with Crippen LogP contribution in [-0.2, 0) is 4.79 Å². The van der Waals surface area contributed by atoms with Crippen molar-refractivity contribution in [3.63, 3.8) is 0 Å². The smallest absolute Gasteiger partial charge is 0.255 e. The highest BCUT2D eigenvalue weighted by atomic mass is 127. The van der Waals surface area contributed by atoms with Crippen molar-refractivity contribution in [3.8, 4) is 5.75 Å². The monoisotopic (exact) mass is 556 g/mol. The second-order valence-electron chi connectivity index (χ2n) is 7.74. The van der Waals surface area contributed by atoms with Crippen LogP contribution in [0.2, 0.25) is 0 Å². The van der Waals surface area contributed by atoms with Gasteiger partial charge in [0.1, 0.15) is 10.8 Å². The summed E-state index contributed by atoms with van der Waals surface area (Å²) in [5.41, 5.74) is 12.9. The molecule has 2 unspecified atom stereocenters. The van der Waals surface area contributed by atoms with Crippen LogP contribution in [0.5, 0.6) is 5.75 Å². The zero-order valence-corrected chi connectivity index (χ0v) is 19.8. The third-order valence-electron chi connectivity index (χ3n) is 5.02. The summed E-state index contributed by atoms with van der Waals surface area (Å²) in [6.45, 7) is 5.53. The number of aromatic nitrogens is 1. The Morgan fingerprint density at radius 1 is 1.50 bits per heavy atom. The lowest BCUT2D eigenvalue weighted by Gasteiger charge is -2.34. The molecule has 5 N–H and O–H groups in total. The van der Waals surface area contributed by atoms with Gasteiger partial charge in [0.25, 0.3) is 11.8 Å². The normalized spacial score (nSPS) is 22.9. The zero-order valence-electron chi connectivity index (χ0n) is 17.7. The van der Waals surface area contributed by atoms with Gasteiger partial charge < -0.3 is 20.7 Å². The number of nitrogens with zero attached hydrogens (tertiary/aromatic N) is 3. The third-order valence-corrected chi connectivity index (χ3v) is 5.33. The topological polar surface area (TPSA) is 127 Å². The summed E-state index contributed by atoms with van der Waals surface area (Å²) in [4.78, 5) is 32.1. The Morgan fingerprint density at radius 3 is 2.88 bits per heavy atom. The van der Waals surface area contributed by atoms with Crippen molar-refractivity contribution in [2.24, 2.45) is 11.5 Å². The number of pyridine rings is 1. The highest BCUT2D eigenvalue weighted by molar-refractivity contribution is 14.1. The predicted octanol–water partition coefficient (Wildman–Crippen LogP) is 2.23. The highest BCUT2D eigenvalue weighted by Crippen LogP contribution is 2.28. The maximum atomic E-state index is 14.2. The number of carbonyl (C=O) groups excluding carboxylic acids is 2. The molecule has 0 aromatic carbocycles. The van der Waals surface area contributed by atoms with E-state index in [0.29, 0.717) is 40.4 Å². The minimum Gasteiger partial charge on any atom is -0.479 e. The van der Waals surface area contributed by atoms with Crippen molar-refractivity contribution in [3.05, 3.63) is 54.0 Å². The van der Waals surface area contributed by atoms with Crippen LogP contribution in [0.25, 0.3) is 0 Å². The van der Waals surface area contributed by atoms with E-state index in [1.807, 2.05) is 22.6 Å². The van der Waals surface area contributed by atoms with E-state index in [1.54, 1.807) is 31.3 Å². The number of anilines is 1. The number of piperidine rings is 1. The van der Waals surface area contributed by atoms with Crippen LogP contribution in [0.3, 0.4) is 0 Å². The number of alkyl halides is 2. The number of carbonyl (C=O) groups is 2. The molecule has 172 valence electrons. The molecule has 0 bridgehead atoms. The van der Waals surface area contributed by atoms with Gasteiger partial charge in [0, 0.05) is 30.2 Å². The lowest BCUT2D eigenvalue weighted by Crippen LogP contribution is -2.52. The van der Waals surface area contributed by atoms with Gasteiger partial charge in [-0.1, -0.05) is 6.58 Å². The Labute approximate surface area is 199 Å². The minimum absolute atomic E-state index is 0.163. The quantitative estimate of drug-likeness (QED) is 0.212. The molecule has 1 aromatic rings. The molecule has 2 aliphatic rings. The lowest BCUT2D eigenvalue weighted by molar-refractivity contribution is -0.125. The number of amides is 2. The molecular formula is C21H26FIN6O3. The molecular weight excluding hydrogens is 530 g/mol. The predicted molar refractivity (Wildman–Crippen MR) is 127 cm³/mol. The standard InChI is InChI=1S/C21H26FIN6O3/c1-13(2)19(30)29-7-4-15(9-17(29)24)27-18-16(32-12-23)8-14(10-26-18)20(31)28-6-3-5-21(22,25)11-28/h4,7-10,17H,1,3,5-6,11-12,24-25H2,2H3,(H,26,27). The van der Waals surface area contributed by atoms with E-state index in [9.17, 15) is 14.0 Å². The van der Waals surface area contributed by atoms with E-state index < -0.39 is 12.0 Å². The summed E-state index contributed by atoms with van der Waals surface area (Å²) < 4.78 is 20.1. The minimum atomic E-state index is -1.89. The van der Waals surface area contributed by atoms with E-state index in [0.717, 1.165) is 0 Å². The van der Waals surface area contributed by atoms with Crippen molar-refractivity contribution in [1.29, 1.82) is 0 Å². The number of rotatable bonds is 6. The van der Waals surface area contributed by atoms with Gasteiger partial charge in [-0.15, -0.1) is 0 Å². The number of nitrogens with one attached hydrogen (secondary N) is 1. The molecule has 1 saturated heterocycles. The first kappa shape index (κ1) is 24.1. The van der Waals surface area contributed by atoms with Gasteiger partial charge in [-0.2, -0.15) is 0 Å². The number of halogens is 2. The fraction of sp³-hybridized carbons (Fsp3) is 0.381. The molecule has 3 heterocycles. The average molecular weight is 556 g/mol. The van der Waals surface area contributed by atoms with Gasteiger partial charge >= 0.3 is 0 Å². The number of nitrogens with two attached hydrogens (primary N) is 2. The van der Waals surface area contributed by atoms with Crippen molar-refractivity contribution in [1.82, 2.24) is 14.8 Å². The molecule has 0 spiro atoms. The first-order valence-electron chi connectivity index (χ1n) is 9.98. The summed E-state index contributed by atoms with van der Waals surface area (Å²) in [6, 6.07) is 1.56. The Kier molecular flexibility index (Phi) is 7.51. The fourth-order valence-corrected chi connectivity index (χ4v) is 3.78. The van der Waals surface area contributed by atoms with Crippen molar-refractivity contribution in [2.75, 3.05) is 23.0 Å². The lowest BCUT2D eigenvalue weighted by atomic mass is 10.0. The van der Waals surface area contributed by atoms with Gasteiger partial charge in [-0.25, -0.2) is 9.37 Å². The maximum Gasteiger partial charge on any atom is 0.255 e. The van der Waals surface area contributed by atoms with Crippen molar-refractivity contribution in [2.45, 2.75) is 31.7 Å². The molecule has 0 radical (unpaired) electrons. The van der Waals surface area contributed by atoms with Crippen LogP contribution in [-0.4, -0.2) is 56.3 Å². The molecule has 1 aromatic heterocycles. The zero-order chi connectivity index (χ0) is 23.5. The fourth-order valence-electron chi connectivity index (χ4n) is 3.44. The Bertz CT molecular complexity index is 980. The average Bonchev–Trinajstić information content (AvgIpc) is 2.73. The summed E-state index contributed by atoms with van der Waals surface area (Å²) in [7, 11) is 0. The van der Waals surface area contributed by atoms with Gasteiger partial charge in [-0.05, 0) is 60.6 Å². The van der Waals surface area contributed by atoms with Gasteiger partial charge in [0.2, 0.25) is 0 Å². The first-order chi connectivity index (χ1) is 15.1. The molecule has 2 aliphatic heterocycles. The second kappa shape index (κ2) is 9.96. The van der Waals surface area contributed by atoms with Crippen molar-refractivity contribution < 1.29 is 18.7 Å². The van der Waals surface area contributed by atoms with E-state index >= 15 is 0 Å². The molecule has 2 amide bonds. The van der Waals surface area contributed by atoms with Gasteiger partial charge in [0.15, 0.2) is 17.4 Å². The molecule has 0 saturated carbocycles. The van der Waals surface area contributed by atoms with E-state index in [2.05, 4.69) is 16.9 Å². The number of allylic oxidation sites excluding steroid dienone is 1. The number of likely N-dealkylation sites (tertiary alicyclic amines) is 1. The first-order valence-corrected chi connectivity index (χ1v) is 11.5. The van der Waals surface area contributed by atoms with Crippen LogP contribution in [0.1, 0.15) is 30.1 Å².